The molecule has 0 saturated heterocycles. The van der Waals surface area contributed by atoms with Crippen molar-refractivity contribution in [2.24, 2.45) is 11.8 Å². The normalized spacial score (nSPS) is 23.1. The van der Waals surface area contributed by atoms with Gasteiger partial charge >= 0.3 is 5.97 Å². The topological polar surface area (TPSA) is 77.8 Å². The van der Waals surface area contributed by atoms with Crippen LogP contribution in [-0.2, 0) is 9.59 Å². The molecule has 0 unspecified atom stereocenters. The molecule has 110 valence electrons. The zero-order chi connectivity index (χ0) is 14.3. The third-order valence-electron chi connectivity index (χ3n) is 3.86. The highest BCUT2D eigenvalue weighted by molar-refractivity contribution is 5.85. The van der Waals surface area contributed by atoms with Gasteiger partial charge in [-0.15, -0.1) is 0 Å². The van der Waals surface area contributed by atoms with Gasteiger partial charge in [0.25, 0.3) is 0 Å². The van der Waals surface area contributed by atoms with Crippen molar-refractivity contribution in [3.63, 3.8) is 0 Å². The highest BCUT2D eigenvalue weighted by Crippen LogP contribution is 2.31. The Hall–Kier alpha value is -1.10. The molecule has 2 N–H and O–H groups in total. The summed E-state index contributed by atoms with van der Waals surface area (Å²) in [5.74, 6) is -1.91. The second kappa shape index (κ2) is 8.15. The van der Waals surface area contributed by atoms with Crippen LogP contribution in [-0.4, -0.2) is 46.7 Å². The molecular weight excluding hydrogens is 246 g/mol. The van der Waals surface area contributed by atoms with Crippen molar-refractivity contribution in [3.8, 4) is 0 Å². The van der Waals surface area contributed by atoms with Gasteiger partial charge in [0.05, 0.1) is 18.4 Å². The number of nitrogens with zero attached hydrogens (tertiary/aromatic N) is 1. The van der Waals surface area contributed by atoms with Crippen LogP contribution in [0.3, 0.4) is 0 Å². The predicted octanol–water partition coefficient (Wildman–Crippen LogP) is 1.50. The van der Waals surface area contributed by atoms with E-state index in [-0.39, 0.29) is 12.5 Å². The number of aliphatic carboxylic acids is 1. The summed E-state index contributed by atoms with van der Waals surface area (Å²) < 4.78 is 0. The van der Waals surface area contributed by atoms with E-state index in [0.29, 0.717) is 25.9 Å². The van der Waals surface area contributed by atoms with Gasteiger partial charge in [0, 0.05) is 13.1 Å². The van der Waals surface area contributed by atoms with Gasteiger partial charge in [-0.05, 0) is 19.3 Å². The molecule has 0 spiro atoms. The average Bonchev–Trinajstić information content (AvgIpc) is 2.42. The smallest absolute Gasteiger partial charge is 0.307 e. The number of aliphatic hydroxyl groups excluding tert-OH is 1. The van der Waals surface area contributed by atoms with Crippen LogP contribution in [0.25, 0.3) is 0 Å². The molecule has 0 aromatic rings. The molecule has 0 aliphatic heterocycles. The van der Waals surface area contributed by atoms with E-state index in [4.69, 9.17) is 5.11 Å². The van der Waals surface area contributed by atoms with E-state index in [0.717, 1.165) is 25.7 Å². The third-order valence-corrected chi connectivity index (χ3v) is 3.86. The largest absolute Gasteiger partial charge is 0.481 e. The highest BCUT2D eigenvalue weighted by atomic mass is 16.4. The van der Waals surface area contributed by atoms with Crippen molar-refractivity contribution >= 4 is 11.9 Å². The fraction of sp³-hybridized carbons (Fsp3) is 0.857. The second-order valence-corrected chi connectivity index (χ2v) is 5.24. The second-order valence-electron chi connectivity index (χ2n) is 5.24. The summed E-state index contributed by atoms with van der Waals surface area (Å²) in [5.41, 5.74) is 0. The summed E-state index contributed by atoms with van der Waals surface area (Å²) in [7, 11) is 0. The average molecular weight is 271 g/mol. The Bertz CT molecular complexity index is 306. The maximum absolute atomic E-state index is 12.5. The Kier molecular flexibility index (Phi) is 6.84. The highest BCUT2D eigenvalue weighted by Gasteiger charge is 2.37. The van der Waals surface area contributed by atoms with Crippen molar-refractivity contribution in [1.82, 2.24) is 4.90 Å². The van der Waals surface area contributed by atoms with Crippen molar-refractivity contribution in [2.75, 3.05) is 19.7 Å². The first-order chi connectivity index (χ1) is 9.11. The molecule has 1 fully saturated rings. The lowest BCUT2D eigenvalue weighted by Crippen LogP contribution is -2.44. The zero-order valence-corrected chi connectivity index (χ0v) is 11.7. The summed E-state index contributed by atoms with van der Waals surface area (Å²) >= 11 is 0. The first kappa shape index (κ1) is 16.0. The quantitative estimate of drug-likeness (QED) is 0.735. The van der Waals surface area contributed by atoms with Gasteiger partial charge in [-0.25, -0.2) is 0 Å². The molecule has 5 nitrogen and oxygen atoms in total. The van der Waals surface area contributed by atoms with Gasteiger partial charge in [-0.2, -0.15) is 0 Å². The summed E-state index contributed by atoms with van der Waals surface area (Å²) in [4.78, 5) is 25.3. The summed E-state index contributed by atoms with van der Waals surface area (Å²) in [5, 5.41) is 18.3. The first-order valence-electron chi connectivity index (χ1n) is 7.24. The molecular formula is C14H25NO4. The number of rotatable bonds is 7. The summed E-state index contributed by atoms with van der Waals surface area (Å²) in [6.45, 7) is 2.89. The fourth-order valence-corrected chi connectivity index (χ4v) is 2.76. The number of hydrogen-bond acceptors (Lipinski definition) is 3. The van der Waals surface area contributed by atoms with Crippen LogP contribution in [0.1, 0.15) is 45.4 Å². The van der Waals surface area contributed by atoms with E-state index in [9.17, 15) is 14.7 Å². The molecule has 2 atom stereocenters. The van der Waals surface area contributed by atoms with Crippen molar-refractivity contribution < 1.29 is 19.8 Å². The zero-order valence-electron chi connectivity index (χ0n) is 11.7. The molecule has 1 rings (SSSR count). The molecule has 0 aromatic carbocycles. The number of carbonyl (C=O) groups excluding carboxylic acids is 1. The molecule has 19 heavy (non-hydrogen) atoms. The molecule has 0 bridgehead atoms. The number of carboxylic acids is 1. The third kappa shape index (κ3) is 4.49. The van der Waals surface area contributed by atoms with Crippen LogP contribution in [0.2, 0.25) is 0 Å². The minimum absolute atomic E-state index is 0.0695. The van der Waals surface area contributed by atoms with E-state index in [1.807, 2.05) is 6.92 Å². The van der Waals surface area contributed by atoms with Gasteiger partial charge in [0.2, 0.25) is 5.91 Å². The van der Waals surface area contributed by atoms with Crippen molar-refractivity contribution in [2.45, 2.75) is 45.4 Å². The number of unbranched alkanes of at least 4 members (excludes halogenated alkanes) is 1. The maximum Gasteiger partial charge on any atom is 0.307 e. The molecule has 1 aliphatic rings. The van der Waals surface area contributed by atoms with E-state index in [1.54, 1.807) is 4.90 Å². The van der Waals surface area contributed by atoms with E-state index < -0.39 is 17.8 Å². The molecule has 1 amide bonds. The maximum atomic E-state index is 12.5. The molecule has 1 aliphatic carbocycles. The SMILES string of the molecule is CCCCN(CCO)C(=O)[C@@H]1CCCC[C@@H]1C(=O)O. The number of amides is 1. The lowest BCUT2D eigenvalue weighted by atomic mass is 9.78. The Morgan fingerprint density at radius 1 is 1.16 bits per heavy atom. The van der Waals surface area contributed by atoms with Crippen LogP contribution < -0.4 is 0 Å². The van der Waals surface area contributed by atoms with Gasteiger partial charge in [0.15, 0.2) is 0 Å². The van der Waals surface area contributed by atoms with Crippen LogP contribution in [0.4, 0.5) is 0 Å². The standard InChI is InChI=1S/C14H25NO4/c1-2-3-8-15(9-10-16)13(17)11-6-4-5-7-12(11)14(18)19/h11-12,16H,2-10H2,1H3,(H,18,19)/t11-,12+/m1/s1. The van der Waals surface area contributed by atoms with Crippen molar-refractivity contribution in [1.29, 1.82) is 0 Å². The fourth-order valence-electron chi connectivity index (χ4n) is 2.76. The monoisotopic (exact) mass is 271 g/mol. The van der Waals surface area contributed by atoms with Crippen molar-refractivity contribution in [3.05, 3.63) is 0 Å². The lowest BCUT2D eigenvalue weighted by Gasteiger charge is -2.32. The minimum Gasteiger partial charge on any atom is -0.481 e. The van der Waals surface area contributed by atoms with Gasteiger partial charge in [-0.1, -0.05) is 26.2 Å². The van der Waals surface area contributed by atoms with Gasteiger partial charge in [-0.3, -0.25) is 9.59 Å². The number of hydrogen-bond donors (Lipinski definition) is 2. The van der Waals surface area contributed by atoms with Crippen LogP contribution >= 0.6 is 0 Å². The van der Waals surface area contributed by atoms with Gasteiger partial charge in [0.1, 0.15) is 0 Å². The number of aliphatic hydroxyl groups is 1. The Morgan fingerprint density at radius 2 is 1.79 bits per heavy atom. The van der Waals surface area contributed by atoms with E-state index in [1.165, 1.54) is 0 Å². The Labute approximate surface area is 114 Å². The van der Waals surface area contributed by atoms with Crippen LogP contribution in [0.15, 0.2) is 0 Å². The van der Waals surface area contributed by atoms with E-state index >= 15 is 0 Å². The van der Waals surface area contributed by atoms with Gasteiger partial charge < -0.3 is 15.1 Å². The van der Waals surface area contributed by atoms with E-state index in [2.05, 4.69) is 0 Å². The Morgan fingerprint density at radius 3 is 2.32 bits per heavy atom. The summed E-state index contributed by atoms with van der Waals surface area (Å²) in [6.07, 6.45) is 4.91. The molecule has 1 saturated carbocycles. The summed E-state index contributed by atoms with van der Waals surface area (Å²) in [6, 6.07) is 0. The minimum atomic E-state index is -0.863. The lowest BCUT2D eigenvalue weighted by molar-refractivity contribution is -0.152. The first-order valence-corrected chi connectivity index (χ1v) is 7.24. The number of carbonyl (C=O) groups is 2. The molecule has 0 radical (unpaired) electrons. The number of carboxylic acid groups (broad SMARTS) is 1. The Balaban J connectivity index is 2.71. The predicted molar refractivity (Wildman–Crippen MR) is 71.7 cm³/mol. The molecule has 0 heterocycles. The molecule has 5 heteroatoms. The van der Waals surface area contributed by atoms with Crippen LogP contribution in [0, 0.1) is 11.8 Å². The van der Waals surface area contributed by atoms with Crippen LogP contribution in [0.5, 0.6) is 0 Å². The molecule has 0 aromatic heterocycles.